The van der Waals surface area contributed by atoms with Gasteiger partial charge in [0, 0.05) is 23.7 Å². The van der Waals surface area contributed by atoms with Crippen molar-refractivity contribution in [3.05, 3.63) is 29.8 Å². The summed E-state index contributed by atoms with van der Waals surface area (Å²) in [5.41, 5.74) is 1.23. The zero-order valence-electron chi connectivity index (χ0n) is 14.2. The molecule has 0 heterocycles. The van der Waals surface area contributed by atoms with Gasteiger partial charge < -0.3 is 16.0 Å². The number of carbonyl (C=O) groups excluding carboxylic acids is 2. The van der Waals surface area contributed by atoms with E-state index in [0.717, 1.165) is 12.8 Å². The average Bonchev–Trinajstić information content (AvgIpc) is 2.99. The highest BCUT2D eigenvalue weighted by atomic mass is 32.1. The van der Waals surface area contributed by atoms with Crippen LogP contribution in [-0.4, -0.2) is 23.0 Å². The molecular formula is C18H25N3O2S. The molecule has 3 N–H and O–H groups in total. The van der Waals surface area contributed by atoms with Crippen LogP contribution in [0.25, 0.3) is 0 Å². The van der Waals surface area contributed by atoms with Crippen molar-refractivity contribution in [3.63, 3.8) is 0 Å². The maximum absolute atomic E-state index is 12.0. The molecule has 0 radical (unpaired) electrons. The maximum atomic E-state index is 12.0. The zero-order valence-corrected chi connectivity index (χ0v) is 15.0. The van der Waals surface area contributed by atoms with E-state index >= 15 is 0 Å². The van der Waals surface area contributed by atoms with Gasteiger partial charge in [-0.2, -0.15) is 0 Å². The fourth-order valence-corrected chi connectivity index (χ4v) is 3.13. The summed E-state index contributed by atoms with van der Waals surface area (Å²) in [5, 5.41) is 8.79. The first-order valence-corrected chi connectivity index (χ1v) is 8.86. The van der Waals surface area contributed by atoms with Crippen molar-refractivity contribution in [2.45, 2.75) is 52.0 Å². The van der Waals surface area contributed by atoms with Crippen molar-refractivity contribution in [2.75, 3.05) is 5.32 Å². The van der Waals surface area contributed by atoms with Crippen molar-refractivity contribution >= 4 is 34.8 Å². The van der Waals surface area contributed by atoms with Gasteiger partial charge in [-0.05, 0) is 63.0 Å². The van der Waals surface area contributed by atoms with Crippen LogP contribution in [0.2, 0.25) is 0 Å². The molecule has 0 atom stereocenters. The average molecular weight is 347 g/mol. The molecule has 24 heavy (non-hydrogen) atoms. The second-order valence-electron chi connectivity index (χ2n) is 6.57. The molecule has 6 heteroatoms. The minimum atomic E-state index is -0.134. The lowest BCUT2D eigenvalue weighted by Crippen LogP contribution is -2.35. The lowest BCUT2D eigenvalue weighted by molar-refractivity contribution is -0.120. The first-order valence-electron chi connectivity index (χ1n) is 8.46. The minimum absolute atomic E-state index is 0.0481. The number of hydrogen-bond acceptors (Lipinski definition) is 3. The van der Waals surface area contributed by atoms with E-state index in [1.807, 2.05) is 19.9 Å². The predicted octanol–water partition coefficient (Wildman–Crippen LogP) is 3.22. The van der Waals surface area contributed by atoms with Crippen LogP contribution < -0.4 is 16.0 Å². The van der Waals surface area contributed by atoms with Crippen LogP contribution in [-0.2, 0) is 4.79 Å². The van der Waals surface area contributed by atoms with Gasteiger partial charge in [-0.25, -0.2) is 0 Å². The second kappa shape index (κ2) is 8.78. The maximum Gasteiger partial charge on any atom is 0.251 e. The van der Waals surface area contributed by atoms with Gasteiger partial charge in [0.25, 0.3) is 5.91 Å². The van der Waals surface area contributed by atoms with E-state index in [1.165, 1.54) is 12.8 Å². The molecule has 0 bridgehead atoms. The summed E-state index contributed by atoms with van der Waals surface area (Å²) in [6.07, 6.45) is 5.21. The Morgan fingerprint density at radius 1 is 1.25 bits per heavy atom. The Hall–Kier alpha value is -1.95. The van der Waals surface area contributed by atoms with E-state index in [-0.39, 0.29) is 23.0 Å². The lowest BCUT2D eigenvalue weighted by atomic mass is 10.0. The van der Waals surface area contributed by atoms with Crippen LogP contribution in [0, 0.1) is 5.92 Å². The molecule has 1 saturated carbocycles. The molecule has 0 aliphatic heterocycles. The standard InChI is InChI=1S/C18H25N3O2S/c1-12(2)19-17(23)14-8-5-9-15(11-14)20-18(24)21-16(22)10-13-6-3-4-7-13/h5,8-9,11-13H,3-4,6-7,10H2,1-2H3,(H,19,23)(H2,20,21,22,24). The smallest absolute Gasteiger partial charge is 0.251 e. The van der Waals surface area contributed by atoms with Gasteiger partial charge in [-0.3, -0.25) is 9.59 Å². The topological polar surface area (TPSA) is 70.2 Å². The van der Waals surface area contributed by atoms with E-state index < -0.39 is 0 Å². The van der Waals surface area contributed by atoms with E-state index in [1.54, 1.807) is 18.2 Å². The Kier molecular flexibility index (Phi) is 6.73. The van der Waals surface area contributed by atoms with E-state index in [9.17, 15) is 9.59 Å². The number of thiocarbonyl (C=S) groups is 1. The van der Waals surface area contributed by atoms with Gasteiger partial charge in [0.1, 0.15) is 0 Å². The number of anilines is 1. The molecule has 1 aromatic carbocycles. The van der Waals surface area contributed by atoms with Crippen LogP contribution in [0.1, 0.15) is 56.3 Å². The van der Waals surface area contributed by atoms with Crippen molar-refractivity contribution in [2.24, 2.45) is 5.92 Å². The molecule has 2 amide bonds. The molecule has 1 aliphatic carbocycles. The third kappa shape index (κ3) is 5.92. The number of nitrogens with one attached hydrogen (secondary N) is 3. The number of carbonyl (C=O) groups is 2. The predicted molar refractivity (Wildman–Crippen MR) is 100.0 cm³/mol. The highest BCUT2D eigenvalue weighted by Gasteiger charge is 2.19. The van der Waals surface area contributed by atoms with Crippen LogP contribution in [0.15, 0.2) is 24.3 Å². The van der Waals surface area contributed by atoms with Gasteiger partial charge in [0.2, 0.25) is 5.91 Å². The molecule has 2 rings (SSSR count). The summed E-state index contributed by atoms with van der Waals surface area (Å²) in [6, 6.07) is 7.12. The van der Waals surface area contributed by atoms with Gasteiger partial charge in [0.15, 0.2) is 5.11 Å². The Bertz CT molecular complexity index is 610. The second-order valence-corrected chi connectivity index (χ2v) is 6.97. The molecule has 1 aliphatic rings. The largest absolute Gasteiger partial charge is 0.350 e. The van der Waals surface area contributed by atoms with Crippen LogP contribution in [0.3, 0.4) is 0 Å². The van der Waals surface area contributed by atoms with Gasteiger partial charge in [-0.15, -0.1) is 0 Å². The fourth-order valence-electron chi connectivity index (χ4n) is 2.90. The van der Waals surface area contributed by atoms with Gasteiger partial charge in [0.05, 0.1) is 0 Å². The summed E-state index contributed by atoms with van der Waals surface area (Å²) in [5.74, 6) is 0.300. The van der Waals surface area contributed by atoms with Gasteiger partial charge >= 0.3 is 0 Å². The monoisotopic (exact) mass is 347 g/mol. The van der Waals surface area contributed by atoms with E-state index in [2.05, 4.69) is 16.0 Å². The molecule has 1 fully saturated rings. The molecule has 0 saturated heterocycles. The summed E-state index contributed by atoms with van der Waals surface area (Å²) < 4.78 is 0. The summed E-state index contributed by atoms with van der Waals surface area (Å²) in [6.45, 7) is 3.82. The summed E-state index contributed by atoms with van der Waals surface area (Å²) >= 11 is 5.19. The third-order valence-electron chi connectivity index (χ3n) is 4.00. The lowest BCUT2D eigenvalue weighted by Gasteiger charge is -2.13. The van der Waals surface area contributed by atoms with Crippen molar-refractivity contribution in [1.82, 2.24) is 10.6 Å². The number of benzene rings is 1. The summed E-state index contributed by atoms with van der Waals surface area (Å²) in [4.78, 5) is 24.0. The van der Waals surface area contributed by atoms with Crippen molar-refractivity contribution < 1.29 is 9.59 Å². The molecule has 0 aromatic heterocycles. The zero-order chi connectivity index (χ0) is 17.5. The third-order valence-corrected chi connectivity index (χ3v) is 4.21. The Balaban J connectivity index is 1.86. The van der Waals surface area contributed by atoms with Crippen LogP contribution >= 0.6 is 12.2 Å². The number of rotatable bonds is 5. The first kappa shape index (κ1) is 18.4. The molecule has 0 spiro atoms. The highest BCUT2D eigenvalue weighted by molar-refractivity contribution is 7.80. The van der Waals surface area contributed by atoms with Gasteiger partial charge in [-0.1, -0.05) is 18.9 Å². The quantitative estimate of drug-likeness (QED) is 0.715. The number of amides is 2. The van der Waals surface area contributed by atoms with E-state index in [0.29, 0.717) is 23.6 Å². The Morgan fingerprint density at radius 3 is 2.62 bits per heavy atom. The Labute approximate surface area is 148 Å². The van der Waals surface area contributed by atoms with E-state index in [4.69, 9.17) is 12.2 Å². The Morgan fingerprint density at radius 2 is 1.96 bits per heavy atom. The molecule has 130 valence electrons. The number of hydrogen-bond donors (Lipinski definition) is 3. The fraction of sp³-hybridized carbons (Fsp3) is 0.500. The highest BCUT2D eigenvalue weighted by Crippen LogP contribution is 2.27. The molecule has 1 aromatic rings. The molecular weight excluding hydrogens is 322 g/mol. The first-order chi connectivity index (χ1) is 11.4. The minimum Gasteiger partial charge on any atom is -0.350 e. The van der Waals surface area contributed by atoms with Crippen molar-refractivity contribution in [1.29, 1.82) is 0 Å². The molecule has 0 unspecified atom stereocenters. The normalized spacial score (nSPS) is 14.5. The summed E-state index contributed by atoms with van der Waals surface area (Å²) in [7, 11) is 0. The van der Waals surface area contributed by atoms with Crippen LogP contribution in [0.5, 0.6) is 0 Å². The van der Waals surface area contributed by atoms with Crippen molar-refractivity contribution in [3.8, 4) is 0 Å². The SMILES string of the molecule is CC(C)NC(=O)c1cccc(NC(=S)NC(=O)CC2CCCC2)c1. The van der Waals surface area contributed by atoms with Crippen LogP contribution in [0.4, 0.5) is 5.69 Å². The molecule has 5 nitrogen and oxygen atoms in total.